The maximum Gasteiger partial charge on any atom is 0.100 e. The molecule has 0 radical (unpaired) electrons. The summed E-state index contributed by atoms with van der Waals surface area (Å²) in [6, 6.07) is 5.38. The molecule has 2 aromatic rings. The van der Waals surface area contributed by atoms with Gasteiger partial charge in [-0.3, -0.25) is 0 Å². The number of rotatable bonds is 0. The van der Waals surface area contributed by atoms with Gasteiger partial charge in [0.05, 0.1) is 12.4 Å². The summed E-state index contributed by atoms with van der Waals surface area (Å²) in [7, 11) is 0. The monoisotopic (exact) mass is 163 g/mol. The molecule has 0 aromatic carbocycles. The Labute approximate surface area is 69.6 Å². The van der Waals surface area contributed by atoms with Gasteiger partial charge in [-0.2, -0.15) is 0 Å². The van der Waals surface area contributed by atoms with E-state index >= 15 is 0 Å². The lowest BCUT2D eigenvalue weighted by Crippen LogP contribution is -1.79. The van der Waals surface area contributed by atoms with Crippen LogP contribution in [0.4, 0.5) is 5.82 Å². The Bertz CT molecular complexity index is 251. The summed E-state index contributed by atoms with van der Waals surface area (Å²) < 4.78 is 0. The van der Waals surface area contributed by atoms with Crippen LogP contribution in [0.5, 0.6) is 0 Å². The Morgan fingerprint density at radius 2 is 1.92 bits per heavy atom. The fourth-order valence-electron chi connectivity index (χ4n) is 0.549. The van der Waals surface area contributed by atoms with Crippen molar-refractivity contribution in [1.82, 2.24) is 20.4 Å². The first-order valence-electron chi connectivity index (χ1n) is 3.37. The molecule has 12 heavy (non-hydrogen) atoms. The Kier molecular flexibility index (Phi) is 3.30. The predicted octanol–water partition coefficient (Wildman–Crippen LogP) is 0.469. The number of hydrogen-bond donors (Lipinski definition) is 2. The van der Waals surface area contributed by atoms with Crippen LogP contribution in [0.3, 0.4) is 0 Å². The molecule has 5 nitrogen and oxygen atoms in total. The van der Waals surface area contributed by atoms with Gasteiger partial charge in [-0.25, -0.2) is 0 Å². The molecule has 2 heterocycles. The van der Waals surface area contributed by atoms with Gasteiger partial charge < -0.3 is 10.7 Å². The van der Waals surface area contributed by atoms with Crippen LogP contribution in [0.25, 0.3) is 0 Å². The summed E-state index contributed by atoms with van der Waals surface area (Å²) in [5.41, 5.74) is 5.22. The molecule has 0 aliphatic heterocycles. The van der Waals surface area contributed by atoms with E-state index in [-0.39, 0.29) is 0 Å². The lowest BCUT2D eigenvalue weighted by Gasteiger charge is -1.72. The van der Waals surface area contributed by atoms with Gasteiger partial charge >= 0.3 is 0 Å². The Morgan fingerprint density at radius 1 is 1.17 bits per heavy atom. The maximum absolute atomic E-state index is 5.22. The van der Waals surface area contributed by atoms with E-state index in [1.165, 1.54) is 0 Å². The number of nitrogens with one attached hydrogen (secondary N) is 1. The normalized spacial score (nSPS) is 8.33. The highest BCUT2D eigenvalue weighted by atomic mass is 15.3. The van der Waals surface area contributed by atoms with Gasteiger partial charge in [-0.15, -0.1) is 10.2 Å². The van der Waals surface area contributed by atoms with Gasteiger partial charge in [0.25, 0.3) is 0 Å². The van der Waals surface area contributed by atoms with E-state index in [4.69, 9.17) is 5.73 Å². The summed E-state index contributed by atoms with van der Waals surface area (Å²) in [6.07, 6.45) is 4.94. The zero-order valence-electron chi connectivity index (χ0n) is 6.38. The SMILES string of the molecule is Nc1ccc[nH]1.c1cnnnc1. The highest BCUT2D eigenvalue weighted by Crippen LogP contribution is 1.90. The number of H-pyrrole nitrogens is 1. The van der Waals surface area contributed by atoms with Crippen LogP contribution in [0.15, 0.2) is 36.8 Å². The van der Waals surface area contributed by atoms with E-state index in [1.54, 1.807) is 30.7 Å². The molecule has 0 fully saturated rings. The van der Waals surface area contributed by atoms with Crippen molar-refractivity contribution in [2.75, 3.05) is 5.73 Å². The summed E-state index contributed by atoms with van der Waals surface area (Å²) >= 11 is 0. The third-order valence-electron chi connectivity index (χ3n) is 1.03. The first kappa shape index (κ1) is 8.19. The van der Waals surface area contributed by atoms with E-state index in [0.29, 0.717) is 0 Å². The third kappa shape index (κ3) is 3.31. The summed E-state index contributed by atoms with van der Waals surface area (Å²) in [6.45, 7) is 0. The van der Waals surface area contributed by atoms with Crippen LogP contribution in [0.2, 0.25) is 0 Å². The van der Waals surface area contributed by atoms with Gasteiger partial charge in [-0.05, 0) is 23.4 Å². The molecule has 0 saturated heterocycles. The molecule has 0 unspecified atom stereocenters. The van der Waals surface area contributed by atoms with Crippen molar-refractivity contribution in [3.63, 3.8) is 0 Å². The maximum atomic E-state index is 5.22. The number of aromatic amines is 1. The van der Waals surface area contributed by atoms with Gasteiger partial charge in [0.15, 0.2) is 0 Å². The molecule has 5 heteroatoms. The molecule has 3 N–H and O–H groups in total. The molecule has 0 aliphatic carbocycles. The van der Waals surface area contributed by atoms with Crippen LogP contribution >= 0.6 is 0 Å². The van der Waals surface area contributed by atoms with Crippen molar-refractivity contribution in [3.8, 4) is 0 Å². The number of nitrogens with two attached hydrogens (primary N) is 1. The molecule has 0 atom stereocenters. The minimum atomic E-state index is 0.718. The Morgan fingerprint density at radius 3 is 2.08 bits per heavy atom. The van der Waals surface area contributed by atoms with Gasteiger partial charge in [-0.1, -0.05) is 0 Å². The van der Waals surface area contributed by atoms with Crippen LogP contribution in [0.1, 0.15) is 0 Å². The van der Waals surface area contributed by atoms with Crippen molar-refractivity contribution < 1.29 is 0 Å². The lowest BCUT2D eigenvalue weighted by molar-refractivity contribution is 0.865. The molecule has 0 saturated carbocycles. The van der Waals surface area contributed by atoms with Crippen molar-refractivity contribution in [2.24, 2.45) is 0 Å². The molecule has 0 amide bonds. The predicted molar refractivity (Wildman–Crippen MR) is 45.0 cm³/mol. The molecule has 0 aliphatic rings. The van der Waals surface area contributed by atoms with Crippen LogP contribution in [0, 0.1) is 0 Å². The van der Waals surface area contributed by atoms with Gasteiger partial charge in [0.1, 0.15) is 5.82 Å². The third-order valence-corrected chi connectivity index (χ3v) is 1.03. The molecule has 2 aromatic heterocycles. The fourth-order valence-corrected chi connectivity index (χ4v) is 0.549. The number of nitrogen functional groups attached to an aromatic ring is 1. The van der Waals surface area contributed by atoms with E-state index in [9.17, 15) is 0 Å². The van der Waals surface area contributed by atoms with Crippen molar-refractivity contribution in [3.05, 3.63) is 36.8 Å². The molecular formula is C7H9N5. The highest BCUT2D eigenvalue weighted by Gasteiger charge is 1.72. The minimum Gasteiger partial charge on any atom is -0.385 e. The van der Waals surface area contributed by atoms with Crippen molar-refractivity contribution in [2.45, 2.75) is 0 Å². The van der Waals surface area contributed by atoms with E-state index < -0.39 is 0 Å². The van der Waals surface area contributed by atoms with Crippen molar-refractivity contribution in [1.29, 1.82) is 0 Å². The van der Waals surface area contributed by atoms with E-state index in [2.05, 4.69) is 20.4 Å². The van der Waals surface area contributed by atoms with Crippen LogP contribution in [-0.2, 0) is 0 Å². The standard InChI is InChI=1S/C4H6N2.C3H3N3/c5-4-2-1-3-6-4;1-2-4-6-5-3-1/h1-3,6H,5H2;1-3H. The van der Waals surface area contributed by atoms with Gasteiger partial charge in [0.2, 0.25) is 0 Å². The molecule has 0 bridgehead atoms. The van der Waals surface area contributed by atoms with Crippen molar-refractivity contribution >= 4 is 5.82 Å². The molecule has 2 rings (SSSR count). The first-order chi connectivity index (χ1) is 5.89. The van der Waals surface area contributed by atoms with Crippen LogP contribution < -0.4 is 5.73 Å². The lowest BCUT2D eigenvalue weighted by atomic mass is 10.6. The summed E-state index contributed by atoms with van der Waals surface area (Å²) in [5, 5.41) is 10.1. The molecule has 0 spiro atoms. The average Bonchev–Trinajstić information content (AvgIpc) is 2.60. The van der Waals surface area contributed by atoms with E-state index in [0.717, 1.165) is 5.82 Å². The topological polar surface area (TPSA) is 80.5 Å². The second-order valence-corrected chi connectivity index (χ2v) is 1.94. The second-order valence-electron chi connectivity index (χ2n) is 1.94. The Balaban J connectivity index is 0.000000120. The van der Waals surface area contributed by atoms with Gasteiger partial charge in [0, 0.05) is 6.20 Å². The average molecular weight is 163 g/mol. The second kappa shape index (κ2) is 4.84. The molecule has 62 valence electrons. The number of nitrogens with zero attached hydrogens (tertiary/aromatic N) is 3. The highest BCUT2D eigenvalue weighted by molar-refractivity contribution is 5.26. The smallest absolute Gasteiger partial charge is 0.100 e. The minimum absolute atomic E-state index is 0.718. The zero-order valence-corrected chi connectivity index (χ0v) is 6.38. The Hall–Kier alpha value is -1.91. The quantitative estimate of drug-likeness (QED) is 0.591. The largest absolute Gasteiger partial charge is 0.385 e. The summed E-state index contributed by atoms with van der Waals surface area (Å²) in [4.78, 5) is 2.78. The summed E-state index contributed by atoms with van der Waals surface area (Å²) in [5.74, 6) is 0.718. The first-order valence-corrected chi connectivity index (χ1v) is 3.37. The van der Waals surface area contributed by atoms with E-state index in [1.807, 2.05) is 6.07 Å². The zero-order chi connectivity index (χ0) is 8.65. The number of aromatic nitrogens is 4. The number of hydrogen-bond acceptors (Lipinski definition) is 4. The fraction of sp³-hybridized carbons (Fsp3) is 0. The molecular weight excluding hydrogens is 154 g/mol. The number of anilines is 1. The van der Waals surface area contributed by atoms with Crippen LogP contribution in [-0.4, -0.2) is 20.4 Å².